The van der Waals surface area contributed by atoms with Crippen LogP contribution in [0.15, 0.2) is 58.6 Å². The molecule has 33 heavy (non-hydrogen) atoms. The van der Waals surface area contributed by atoms with E-state index in [9.17, 15) is 18.3 Å². The molecule has 1 aliphatic heterocycles. The number of hydrogen-bond acceptors (Lipinski definition) is 9. The second kappa shape index (κ2) is 9.87. The number of carbonyl (C=O) groups excluding carboxylic acids is 1. The summed E-state index contributed by atoms with van der Waals surface area (Å²) in [6.07, 6.45) is 0. The summed E-state index contributed by atoms with van der Waals surface area (Å²) in [5.41, 5.74) is 1.01. The van der Waals surface area contributed by atoms with Gasteiger partial charge in [0.05, 0.1) is 29.0 Å². The molecule has 2 aromatic carbocycles. The Morgan fingerprint density at radius 2 is 1.91 bits per heavy atom. The Morgan fingerprint density at radius 1 is 1.18 bits per heavy atom. The van der Waals surface area contributed by atoms with E-state index in [0.717, 1.165) is 11.8 Å². The lowest BCUT2D eigenvalue weighted by molar-refractivity contribution is -0.115. The van der Waals surface area contributed by atoms with Crippen LogP contribution in [0.3, 0.4) is 0 Å². The standard InChI is InChI=1S/C20H22N6O5S2/c1-14(32-20-22-23-24-26(20)16-5-7-17(27)8-6-16)19(28)21-15-3-2-4-18(13-15)33(29,30)25-9-11-31-12-10-25/h2-8,13-14,27H,9-12H2,1H3,(H,21,28)/t14-/m0/s1. The Labute approximate surface area is 194 Å². The number of tetrazole rings is 1. The molecule has 11 nitrogen and oxygen atoms in total. The number of thioether (sulfide) groups is 1. The van der Waals surface area contributed by atoms with E-state index in [-0.39, 0.29) is 16.6 Å². The number of morpholine rings is 1. The number of amides is 1. The Morgan fingerprint density at radius 3 is 2.64 bits per heavy atom. The number of ether oxygens (including phenoxy) is 1. The van der Waals surface area contributed by atoms with E-state index >= 15 is 0 Å². The molecule has 0 radical (unpaired) electrons. The van der Waals surface area contributed by atoms with E-state index in [0.29, 0.717) is 42.8 Å². The van der Waals surface area contributed by atoms with Crippen molar-refractivity contribution in [1.82, 2.24) is 24.5 Å². The van der Waals surface area contributed by atoms with Crippen molar-refractivity contribution in [2.75, 3.05) is 31.6 Å². The summed E-state index contributed by atoms with van der Waals surface area (Å²) < 4.78 is 33.8. The molecule has 2 heterocycles. The first-order valence-electron chi connectivity index (χ1n) is 10.1. The van der Waals surface area contributed by atoms with Crippen molar-refractivity contribution in [2.24, 2.45) is 0 Å². The number of benzene rings is 2. The molecule has 1 aliphatic rings. The summed E-state index contributed by atoms with van der Waals surface area (Å²) in [4.78, 5) is 12.9. The van der Waals surface area contributed by atoms with Crippen LogP contribution in [-0.2, 0) is 19.6 Å². The van der Waals surface area contributed by atoms with Gasteiger partial charge in [0, 0.05) is 18.8 Å². The van der Waals surface area contributed by atoms with Crippen LogP contribution in [0, 0.1) is 0 Å². The molecule has 1 fully saturated rings. The first-order chi connectivity index (χ1) is 15.8. The second-order valence-electron chi connectivity index (χ2n) is 7.18. The minimum absolute atomic E-state index is 0.110. The summed E-state index contributed by atoms with van der Waals surface area (Å²) in [5.74, 6) is -0.215. The highest BCUT2D eigenvalue weighted by Gasteiger charge is 2.27. The van der Waals surface area contributed by atoms with Crippen molar-refractivity contribution < 1.29 is 23.1 Å². The lowest BCUT2D eigenvalue weighted by Gasteiger charge is -2.26. The van der Waals surface area contributed by atoms with Gasteiger partial charge < -0.3 is 15.2 Å². The molecule has 0 unspecified atom stereocenters. The zero-order chi connectivity index (χ0) is 23.4. The molecule has 0 spiro atoms. The molecule has 174 valence electrons. The Balaban J connectivity index is 1.44. The molecule has 1 amide bonds. The number of nitrogens with one attached hydrogen (secondary N) is 1. The largest absolute Gasteiger partial charge is 0.508 e. The third-order valence-corrected chi connectivity index (χ3v) is 7.82. The number of anilines is 1. The van der Waals surface area contributed by atoms with Gasteiger partial charge in [-0.25, -0.2) is 8.42 Å². The highest BCUT2D eigenvalue weighted by atomic mass is 32.2. The monoisotopic (exact) mass is 490 g/mol. The molecule has 1 aromatic heterocycles. The van der Waals surface area contributed by atoms with E-state index in [4.69, 9.17) is 4.74 Å². The number of nitrogens with zero attached hydrogens (tertiary/aromatic N) is 5. The number of phenolic OH excluding ortho intramolecular Hbond substituents is 1. The number of aromatic nitrogens is 4. The predicted molar refractivity (Wildman–Crippen MR) is 121 cm³/mol. The van der Waals surface area contributed by atoms with Crippen molar-refractivity contribution in [1.29, 1.82) is 0 Å². The molecule has 4 rings (SSSR count). The topological polar surface area (TPSA) is 140 Å². The minimum atomic E-state index is -3.67. The minimum Gasteiger partial charge on any atom is -0.508 e. The van der Waals surface area contributed by atoms with Gasteiger partial charge in [-0.15, -0.1) is 5.10 Å². The van der Waals surface area contributed by atoms with Gasteiger partial charge >= 0.3 is 0 Å². The lowest BCUT2D eigenvalue weighted by Crippen LogP contribution is -2.40. The summed E-state index contributed by atoms with van der Waals surface area (Å²) in [7, 11) is -3.67. The smallest absolute Gasteiger partial charge is 0.243 e. The molecule has 1 atom stereocenters. The van der Waals surface area contributed by atoms with Gasteiger partial charge in [-0.3, -0.25) is 4.79 Å². The molecular weight excluding hydrogens is 468 g/mol. The Hall–Kier alpha value is -3.00. The molecule has 13 heteroatoms. The normalized spacial score (nSPS) is 15.8. The van der Waals surface area contributed by atoms with Crippen molar-refractivity contribution in [3.63, 3.8) is 0 Å². The van der Waals surface area contributed by atoms with Crippen LogP contribution in [0.25, 0.3) is 5.69 Å². The third kappa shape index (κ3) is 5.33. The summed E-state index contributed by atoms with van der Waals surface area (Å²) in [6.45, 7) is 3.00. The first kappa shape index (κ1) is 23.2. The van der Waals surface area contributed by atoms with Gasteiger partial charge in [-0.05, 0) is 59.8 Å². The van der Waals surface area contributed by atoms with E-state index in [1.165, 1.54) is 33.3 Å². The van der Waals surface area contributed by atoms with Crippen LogP contribution in [0.5, 0.6) is 5.75 Å². The average molecular weight is 491 g/mol. The molecule has 0 saturated carbocycles. The number of hydrogen-bond donors (Lipinski definition) is 2. The summed E-state index contributed by atoms with van der Waals surface area (Å²) in [6, 6.07) is 12.5. The molecule has 2 N–H and O–H groups in total. The first-order valence-corrected chi connectivity index (χ1v) is 12.4. The predicted octanol–water partition coefficient (Wildman–Crippen LogP) is 1.51. The molecule has 1 saturated heterocycles. The van der Waals surface area contributed by atoms with Crippen LogP contribution >= 0.6 is 11.8 Å². The Bertz CT molecular complexity index is 1230. The van der Waals surface area contributed by atoms with E-state index in [1.807, 2.05) is 0 Å². The highest BCUT2D eigenvalue weighted by molar-refractivity contribution is 8.00. The fourth-order valence-corrected chi connectivity index (χ4v) is 5.40. The number of phenols is 1. The van der Waals surface area contributed by atoms with Gasteiger partial charge in [-0.1, -0.05) is 17.8 Å². The van der Waals surface area contributed by atoms with Gasteiger partial charge in [0.1, 0.15) is 5.75 Å². The SMILES string of the molecule is C[C@H](Sc1nnnn1-c1ccc(O)cc1)C(=O)Nc1cccc(S(=O)(=O)N2CCOCC2)c1. The number of rotatable bonds is 7. The van der Waals surface area contributed by atoms with E-state index < -0.39 is 15.3 Å². The highest BCUT2D eigenvalue weighted by Crippen LogP contribution is 2.26. The van der Waals surface area contributed by atoms with Crippen molar-refractivity contribution in [2.45, 2.75) is 22.2 Å². The van der Waals surface area contributed by atoms with Crippen LogP contribution in [0.4, 0.5) is 5.69 Å². The molecular formula is C20H22N6O5S2. The maximum absolute atomic E-state index is 12.9. The zero-order valence-electron chi connectivity index (χ0n) is 17.7. The number of aromatic hydroxyl groups is 1. The quantitative estimate of drug-likeness (QED) is 0.472. The van der Waals surface area contributed by atoms with Crippen LogP contribution in [-0.4, -0.2) is 75.5 Å². The molecule has 0 bridgehead atoms. The number of sulfonamides is 1. The second-order valence-corrected chi connectivity index (χ2v) is 10.4. The van der Waals surface area contributed by atoms with Crippen LogP contribution < -0.4 is 5.32 Å². The van der Waals surface area contributed by atoms with E-state index in [1.54, 1.807) is 31.2 Å². The van der Waals surface area contributed by atoms with Crippen molar-refractivity contribution >= 4 is 33.4 Å². The van der Waals surface area contributed by atoms with Crippen LogP contribution in [0.2, 0.25) is 0 Å². The fraction of sp³-hybridized carbons (Fsp3) is 0.300. The van der Waals surface area contributed by atoms with Crippen molar-refractivity contribution in [3.8, 4) is 11.4 Å². The lowest BCUT2D eigenvalue weighted by atomic mass is 10.3. The number of carbonyl (C=O) groups is 1. The van der Waals surface area contributed by atoms with E-state index in [2.05, 4.69) is 20.8 Å². The van der Waals surface area contributed by atoms with Gasteiger partial charge in [0.25, 0.3) is 0 Å². The Kier molecular flexibility index (Phi) is 6.93. The van der Waals surface area contributed by atoms with Gasteiger partial charge in [0.2, 0.25) is 21.1 Å². The van der Waals surface area contributed by atoms with Crippen LogP contribution in [0.1, 0.15) is 6.92 Å². The molecule has 3 aromatic rings. The maximum atomic E-state index is 12.9. The zero-order valence-corrected chi connectivity index (χ0v) is 19.3. The molecule has 0 aliphatic carbocycles. The average Bonchev–Trinajstić information content (AvgIpc) is 3.28. The van der Waals surface area contributed by atoms with Crippen molar-refractivity contribution in [3.05, 3.63) is 48.5 Å². The third-order valence-electron chi connectivity index (χ3n) is 4.90. The maximum Gasteiger partial charge on any atom is 0.243 e. The fourth-order valence-electron chi connectivity index (χ4n) is 3.13. The summed E-state index contributed by atoms with van der Waals surface area (Å²) >= 11 is 1.15. The summed E-state index contributed by atoms with van der Waals surface area (Å²) in [5, 5.41) is 23.6. The van der Waals surface area contributed by atoms with Gasteiger partial charge in [-0.2, -0.15) is 8.99 Å². The van der Waals surface area contributed by atoms with Gasteiger partial charge in [0.15, 0.2) is 0 Å².